The molecule has 1 aliphatic heterocycles. The van der Waals surface area contributed by atoms with Crippen LogP contribution in [0.15, 0.2) is 42.5 Å². The second kappa shape index (κ2) is 8.39. The Balaban J connectivity index is 1.65. The molecule has 0 bridgehead atoms. The Morgan fingerprint density at radius 1 is 1.22 bits per heavy atom. The van der Waals surface area contributed by atoms with Gasteiger partial charge in [-0.15, -0.1) is 0 Å². The largest absolute Gasteiger partial charge is 0.374 e. The summed E-state index contributed by atoms with van der Waals surface area (Å²) in [5.74, 6) is -0.327. The Kier molecular flexibility index (Phi) is 5.96. The van der Waals surface area contributed by atoms with E-state index in [0.29, 0.717) is 12.2 Å². The lowest BCUT2D eigenvalue weighted by Crippen LogP contribution is -2.37. The molecule has 2 N–H and O–H groups in total. The van der Waals surface area contributed by atoms with Gasteiger partial charge < -0.3 is 20.4 Å². The maximum atomic E-state index is 13.0. The Labute approximate surface area is 160 Å². The first kappa shape index (κ1) is 19.2. The predicted octanol–water partition coefficient (Wildman–Crippen LogP) is 3.63. The van der Waals surface area contributed by atoms with Crippen molar-refractivity contribution in [2.24, 2.45) is 0 Å². The van der Waals surface area contributed by atoms with Gasteiger partial charge in [-0.2, -0.15) is 0 Å². The highest BCUT2D eigenvalue weighted by Gasteiger charge is 2.19. The first-order valence-electron chi connectivity index (χ1n) is 9.25. The number of hydrogen-bond donors (Lipinski definition) is 2. The molecule has 144 valence electrons. The van der Waals surface area contributed by atoms with Gasteiger partial charge in [0.1, 0.15) is 5.82 Å². The zero-order chi connectivity index (χ0) is 19.4. The topological polar surface area (TPSA) is 47.6 Å². The van der Waals surface area contributed by atoms with Gasteiger partial charge in [-0.3, -0.25) is 0 Å². The molecule has 0 saturated heterocycles. The highest BCUT2D eigenvalue weighted by molar-refractivity contribution is 5.89. The van der Waals surface area contributed by atoms with Crippen LogP contribution >= 0.6 is 0 Å². The summed E-state index contributed by atoms with van der Waals surface area (Å²) in [6, 6.07) is 12.1. The number of carbonyl (C=O) groups is 1. The number of halogens is 1. The van der Waals surface area contributed by atoms with Gasteiger partial charge in [0.15, 0.2) is 0 Å². The summed E-state index contributed by atoms with van der Waals surface area (Å²) in [5.41, 5.74) is 4.41. The zero-order valence-electron chi connectivity index (χ0n) is 16.1. The average Bonchev–Trinajstić information content (AvgIpc) is 2.64. The van der Waals surface area contributed by atoms with E-state index in [1.54, 1.807) is 12.1 Å². The van der Waals surface area contributed by atoms with E-state index in [4.69, 9.17) is 0 Å². The molecular weight excluding hydrogens is 343 g/mol. The summed E-state index contributed by atoms with van der Waals surface area (Å²) in [6.45, 7) is 1.57. The molecule has 0 fully saturated rings. The molecule has 0 radical (unpaired) electrons. The van der Waals surface area contributed by atoms with Crippen LogP contribution in [0.4, 0.5) is 20.6 Å². The van der Waals surface area contributed by atoms with Gasteiger partial charge in [-0.25, -0.2) is 9.18 Å². The monoisotopic (exact) mass is 370 g/mol. The SMILES string of the molecule is CN1CCCc2cc(C(CNC(=O)Nc3ccc(F)cc3)N(C)C)ccc21. The molecule has 27 heavy (non-hydrogen) atoms. The molecular formula is C21H27FN4O. The van der Waals surface area contributed by atoms with Gasteiger partial charge >= 0.3 is 6.03 Å². The smallest absolute Gasteiger partial charge is 0.319 e. The van der Waals surface area contributed by atoms with Gasteiger partial charge in [0.25, 0.3) is 0 Å². The molecule has 0 aromatic heterocycles. The second-order valence-corrected chi connectivity index (χ2v) is 7.23. The number of hydrogen-bond acceptors (Lipinski definition) is 3. The first-order chi connectivity index (χ1) is 12.9. The molecule has 0 spiro atoms. The Morgan fingerprint density at radius 3 is 2.67 bits per heavy atom. The van der Waals surface area contributed by atoms with Crippen molar-refractivity contribution in [3.63, 3.8) is 0 Å². The Hall–Kier alpha value is -2.60. The van der Waals surface area contributed by atoms with Gasteiger partial charge in [0.2, 0.25) is 0 Å². The quantitative estimate of drug-likeness (QED) is 0.845. The number of carbonyl (C=O) groups excluding carboxylic acids is 1. The van der Waals surface area contributed by atoms with Crippen molar-refractivity contribution in [3.05, 3.63) is 59.4 Å². The lowest BCUT2D eigenvalue weighted by Gasteiger charge is -2.30. The number of aryl methyl sites for hydroxylation is 1. The van der Waals surface area contributed by atoms with Crippen molar-refractivity contribution in [2.45, 2.75) is 18.9 Å². The maximum absolute atomic E-state index is 13.0. The lowest BCUT2D eigenvalue weighted by molar-refractivity contribution is 0.243. The highest BCUT2D eigenvalue weighted by Crippen LogP contribution is 2.29. The fourth-order valence-corrected chi connectivity index (χ4v) is 3.51. The number of nitrogens with one attached hydrogen (secondary N) is 2. The number of fused-ring (bicyclic) bond motifs is 1. The summed E-state index contributed by atoms with van der Waals surface area (Å²) < 4.78 is 13.0. The number of amides is 2. The molecule has 2 amide bonds. The number of urea groups is 1. The van der Waals surface area contributed by atoms with Crippen molar-refractivity contribution in [1.29, 1.82) is 0 Å². The molecule has 1 aliphatic rings. The minimum absolute atomic E-state index is 0.0708. The van der Waals surface area contributed by atoms with E-state index in [9.17, 15) is 9.18 Å². The number of anilines is 2. The van der Waals surface area contributed by atoms with Crippen molar-refractivity contribution in [1.82, 2.24) is 10.2 Å². The summed E-state index contributed by atoms with van der Waals surface area (Å²) in [7, 11) is 6.15. The van der Waals surface area contributed by atoms with Crippen LogP contribution < -0.4 is 15.5 Å². The van der Waals surface area contributed by atoms with Crippen LogP contribution in [0, 0.1) is 5.82 Å². The number of rotatable bonds is 5. The van der Waals surface area contributed by atoms with E-state index in [1.165, 1.54) is 28.9 Å². The van der Waals surface area contributed by atoms with Crippen LogP contribution in [0.2, 0.25) is 0 Å². The Bertz CT molecular complexity index is 791. The molecule has 5 nitrogen and oxygen atoms in total. The zero-order valence-corrected chi connectivity index (χ0v) is 16.1. The third-order valence-electron chi connectivity index (χ3n) is 5.02. The summed E-state index contributed by atoms with van der Waals surface area (Å²) in [6.07, 6.45) is 2.25. The summed E-state index contributed by atoms with van der Waals surface area (Å²) >= 11 is 0. The second-order valence-electron chi connectivity index (χ2n) is 7.23. The number of benzene rings is 2. The lowest BCUT2D eigenvalue weighted by atomic mass is 9.96. The molecule has 1 heterocycles. The molecule has 1 unspecified atom stereocenters. The van der Waals surface area contributed by atoms with Crippen molar-refractivity contribution in [2.75, 3.05) is 44.4 Å². The first-order valence-corrected chi connectivity index (χ1v) is 9.25. The van der Waals surface area contributed by atoms with Crippen LogP contribution in [-0.4, -0.2) is 45.2 Å². The average molecular weight is 370 g/mol. The van der Waals surface area contributed by atoms with Crippen molar-refractivity contribution < 1.29 is 9.18 Å². The molecule has 2 aromatic carbocycles. The van der Waals surface area contributed by atoms with Crippen LogP contribution in [0.1, 0.15) is 23.6 Å². The van der Waals surface area contributed by atoms with Gasteiger partial charge in [0.05, 0.1) is 6.04 Å². The van der Waals surface area contributed by atoms with E-state index in [1.807, 2.05) is 14.1 Å². The van der Waals surface area contributed by atoms with Crippen molar-refractivity contribution >= 4 is 17.4 Å². The van der Waals surface area contributed by atoms with Crippen LogP contribution in [0.3, 0.4) is 0 Å². The van der Waals surface area contributed by atoms with Gasteiger partial charge in [0, 0.05) is 31.5 Å². The van der Waals surface area contributed by atoms with E-state index in [0.717, 1.165) is 19.4 Å². The summed E-state index contributed by atoms with van der Waals surface area (Å²) in [4.78, 5) is 16.6. The molecule has 6 heteroatoms. The third-order valence-corrected chi connectivity index (χ3v) is 5.02. The maximum Gasteiger partial charge on any atom is 0.319 e. The van der Waals surface area contributed by atoms with Crippen LogP contribution in [-0.2, 0) is 6.42 Å². The normalized spacial score (nSPS) is 14.6. The standard InChI is InChI=1S/C21H27FN4O/c1-25(2)20(14-23-21(27)24-18-9-7-17(22)8-10-18)16-6-11-19-15(13-16)5-4-12-26(19)3/h6-11,13,20H,4-5,12,14H2,1-3H3,(H2,23,24,27). The fourth-order valence-electron chi connectivity index (χ4n) is 3.51. The van der Waals surface area contributed by atoms with E-state index >= 15 is 0 Å². The van der Waals surface area contributed by atoms with E-state index in [2.05, 4.69) is 45.7 Å². The Morgan fingerprint density at radius 2 is 1.96 bits per heavy atom. The number of nitrogens with zero attached hydrogens (tertiary/aromatic N) is 2. The van der Waals surface area contributed by atoms with Crippen LogP contribution in [0.5, 0.6) is 0 Å². The van der Waals surface area contributed by atoms with Gasteiger partial charge in [-0.05, 0) is 68.4 Å². The minimum atomic E-state index is -0.327. The number of likely N-dealkylation sites (N-methyl/N-ethyl adjacent to an activating group) is 1. The third kappa shape index (κ3) is 4.77. The molecule has 1 atom stereocenters. The van der Waals surface area contributed by atoms with E-state index in [-0.39, 0.29) is 17.9 Å². The van der Waals surface area contributed by atoms with Crippen LogP contribution in [0.25, 0.3) is 0 Å². The summed E-state index contributed by atoms with van der Waals surface area (Å²) in [5, 5.41) is 5.65. The fraction of sp³-hybridized carbons (Fsp3) is 0.381. The molecule has 2 aromatic rings. The van der Waals surface area contributed by atoms with Crippen molar-refractivity contribution in [3.8, 4) is 0 Å². The minimum Gasteiger partial charge on any atom is -0.374 e. The molecule has 3 rings (SSSR count). The molecule has 0 aliphatic carbocycles. The van der Waals surface area contributed by atoms with E-state index < -0.39 is 0 Å². The predicted molar refractivity (Wildman–Crippen MR) is 108 cm³/mol. The van der Waals surface area contributed by atoms with Gasteiger partial charge in [-0.1, -0.05) is 12.1 Å². The highest BCUT2D eigenvalue weighted by atomic mass is 19.1. The molecule has 0 saturated carbocycles.